The lowest BCUT2D eigenvalue weighted by Crippen LogP contribution is -2.50. The average Bonchev–Trinajstić information content (AvgIpc) is 2.75. The molecule has 1 aliphatic rings. The summed E-state index contributed by atoms with van der Waals surface area (Å²) < 4.78 is 44.9. The fraction of sp³-hybridized carbons (Fsp3) is 0.364. The van der Waals surface area contributed by atoms with Gasteiger partial charge in [0.05, 0.1) is 30.5 Å². The lowest BCUT2D eigenvalue weighted by Gasteiger charge is -2.34. The molecular weight excluding hydrogens is 447 g/mol. The fourth-order valence-electron chi connectivity index (χ4n) is 3.52. The highest BCUT2D eigenvalue weighted by Crippen LogP contribution is 2.33. The number of methoxy groups -OCH3 is 1. The van der Waals surface area contributed by atoms with Crippen LogP contribution in [0, 0.1) is 6.92 Å². The van der Waals surface area contributed by atoms with Crippen molar-refractivity contribution in [2.75, 3.05) is 45.2 Å². The first-order valence-electron chi connectivity index (χ1n) is 9.92. The van der Waals surface area contributed by atoms with E-state index in [1.807, 2.05) is 11.8 Å². The molecule has 10 heteroatoms. The van der Waals surface area contributed by atoms with E-state index in [0.29, 0.717) is 29.5 Å². The molecule has 0 aromatic heterocycles. The van der Waals surface area contributed by atoms with Gasteiger partial charge in [0.2, 0.25) is 5.91 Å². The molecule has 0 atom stereocenters. The lowest BCUT2D eigenvalue weighted by atomic mass is 10.1. The van der Waals surface area contributed by atoms with Gasteiger partial charge in [-0.05, 0) is 30.7 Å². The molecule has 0 bridgehead atoms. The highest BCUT2D eigenvalue weighted by molar-refractivity contribution is 6.31. The minimum absolute atomic E-state index is 0.0754. The summed E-state index contributed by atoms with van der Waals surface area (Å²) in [5, 5.41) is 3.31. The van der Waals surface area contributed by atoms with Crippen LogP contribution >= 0.6 is 11.6 Å². The maximum absolute atomic E-state index is 13.2. The molecule has 1 fully saturated rings. The molecule has 0 aliphatic carbocycles. The highest BCUT2D eigenvalue weighted by atomic mass is 35.5. The molecule has 0 unspecified atom stereocenters. The van der Waals surface area contributed by atoms with Crippen molar-refractivity contribution in [2.24, 2.45) is 0 Å². The summed E-state index contributed by atoms with van der Waals surface area (Å²) in [7, 11) is 1.48. The minimum atomic E-state index is -4.60. The van der Waals surface area contributed by atoms with E-state index in [1.54, 1.807) is 12.1 Å². The standard InChI is InChI=1S/C22H23ClF3N3O3/c1-14-11-18(19(32-2)12-17(14)23)27-20(30)13-28-7-9-29(10-8-28)21(31)15-5-3-4-6-16(15)22(24,25)26/h3-6,11-12H,7-10,13H2,1-2H3,(H,27,30). The largest absolute Gasteiger partial charge is 0.495 e. The van der Waals surface area contributed by atoms with Gasteiger partial charge in [-0.3, -0.25) is 14.5 Å². The van der Waals surface area contributed by atoms with Crippen LogP contribution in [-0.4, -0.2) is 61.4 Å². The van der Waals surface area contributed by atoms with Gasteiger partial charge in [0.25, 0.3) is 5.91 Å². The van der Waals surface area contributed by atoms with Crippen molar-refractivity contribution in [3.05, 3.63) is 58.1 Å². The predicted molar refractivity (Wildman–Crippen MR) is 115 cm³/mol. The second kappa shape index (κ2) is 9.79. The van der Waals surface area contributed by atoms with E-state index >= 15 is 0 Å². The number of nitrogens with one attached hydrogen (secondary N) is 1. The van der Waals surface area contributed by atoms with Crippen molar-refractivity contribution in [1.29, 1.82) is 0 Å². The summed E-state index contributed by atoms with van der Waals surface area (Å²) in [5.74, 6) is -0.497. The number of piperazine rings is 1. The Labute approximate surface area is 188 Å². The van der Waals surface area contributed by atoms with Gasteiger partial charge in [0.1, 0.15) is 5.75 Å². The Hall–Kier alpha value is -2.78. The van der Waals surface area contributed by atoms with E-state index < -0.39 is 17.6 Å². The molecule has 6 nitrogen and oxygen atoms in total. The van der Waals surface area contributed by atoms with Crippen molar-refractivity contribution in [3.63, 3.8) is 0 Å². The summed E-state index contributed by atoms with van der Waals surface area (Å²) in [6.07, 6.45) is -4.60. The quantitative estimate of drug-likeness (QED) is 0.717. The normalized spacial score (nSPS) is 14.9. The van der Waals surface area contributed by atoms with Crippen LogP contribution in [-0.2, 0) is 11.0 Å². The third-order valence-corrected chi connectivity index (χ3v) is 5.65. The Balaban J connectivity index is 1.58. The highest BCUT2D eigenvalue weighted by Gasteiger charge is 2.36. The number of hydrogen-bond donors (Lipinski definition) is 1. The molecule has 0 saturated carbocycles. The van der Waals surface area contributed by atoms with Crippen molar-refractivity contribution < 1.29 is 27.5 Å². The van der Waals surface area contributed by atoms with Gasteiger partial charge in [0, 0.05) is 37.3 Å². The summed E-state index contributed by atoms with van der Waals surface area (Å²) in [6, 6.07) is 8.10. The number of rotatable bonds is 5. The summed E-state index contributed by atoms with van der Waals surface area (Å²) >= 11 is 6.08. The number of nitrogens with zero attached hydrogens (tertiary/aromatic N) is 2. The Bertz CT molecular complexity index is 1010. The molecule has 0 radical (unpaired) electrons. The number of halogens is 4. The van der Waals surface area contributed by atoms with Gasteiger partial charge in [-0.15, -0.1) is 0 Å². The van der Waals surface area contributed by atoms with Gasteiger partial charge in [0.15, 0.2) is 0 Å². The van der Waals surface area contributed by atoms with E-state index in [9.17, 15) is 22.8 Å². The van der Waals surface area contributed by atoms with Gasteiger partial charge in [-0.25, -0.2) is 0 Å². The topological polar surface area (TPSA) is 61.9 Å². The van der Waals surface area contributed by atoms with Crippen LogP contribution in [0.3, 0.4) is 0 Å². The van der Waals surface area contributed by atoms with Crippen LogP contribution in [0.15, 0.2) is 36.4 Å². The number of hydrogen-bond acceptors (Lipinski definition) is 4. The second-order valence-electron chi connectivity index (χ2n) is 7.46. The number of ether oxygens (including phenoxy) is 1. The average molecular weight is 470 g/mol. The van der Waals surface area contributed by atoms with Crippen LogP contribution < -0.4 is 10.1 Å². The molecule has 0 spiro atoms. The summed E-state index contributed by atoms with van der Waals surface area (Å²) in [5.41, 5.74) is -0.0265. The maximum Gasteiger partial charge on any atom is 0.417 e. The molecule has 2 aromatic rings. The summed E-state index contributed by atoms with van der Waals surface area (Å²) in [4.78, 5) is 28.4. The van der Waals surface area contributed by atoms with Crippen LogP contribution in [0.2, 0.25) is 5.02 Å². The zero-order valence-corrected chi connectivity index (χ0v) is 18.4. The first-order chi connectivity index (χ1) is 15.1. The van der Waals surface area contributed by atoms with E-state index in [1.165, 1.54) is 30.2 Å². The Kier molecular flexibility index (Phi) is 7.30. The Morgan fingerprint density at radius 2 is 1.78 bits per heavy atom. The van der Waals surface area contributed by atoms with Crippen molar-refractivity contribution in [2.45, 2.75) is 13.1 Å². The number of benzene rings is 2. The van der Waals surface area contributed by atoms with E-state index in [4.69, 9.17) is 16.3 Å². The monoisotopic (exact) mass is 469 g/mol. The van der Waals surface area contributed by atoms with Gasteiger partial charge >= 0.3 is 6.18 Å². The predicted octanol–water partition coefficient (Wildman–Crippen LogP) is 4.07. The number of amides is 2. The van der Waals surface area contributed by atoms with Crippen molar-refractivity contribution in [1.82, 2.24) is 9.80 Å². The molecule has 1 saturated heterocycles. The van der Waals surface area contributed by atoms with Crippen LogP contribution in [0.4, 0.5) is 18.9 Å². The second-order valence-corrected chi connectivity index (χ2v) is 7.87. The molecular formula is C22H23ClF3N3O3. The molecule has 2 aromatic carbocycles. The number of anilines is 1. The fourth-order valence-corrected chi connectivity index (χ4v) is 3.67. The van der Waals surface area contributed by atoms with E-state index in [-0.39, 0.29) is 31.1 Å². The third-order valence-electron chi connectivity index (χ3n) is 5.24. The molecule has 3 rings (SSSR count). The lowest BCUT2D eigenvalue weighted by molar-refractivity contribution is -0.138. The van der Waals surface area contributed by atoms with E-state index in [2.05, 4.69) is 5.32 Å². The molecule has 1 N–H and O–H groups in total. The molecule has 1 heterocycles. The van der Waals surface area contributed by atoms with Crippen molar-refractivity contribution >= 4 is 29.1 Å². The number of carbonyl (C=O) groups excluding carboxylic acids is 2. The van der Waals surface area contributed by atoms with Crippen LogP contribution in [0.1, 0.15) is 21.5 Å². The van der Waals surface area contributed by atoms with Crippen LogP contribution in [0.5, 0.6) is 5.75 Å². The van der Waals surface area contributed by atoms with Gasteiger partial charge < -0.3 is 15.0 Å². The first-order valence-corrected chi connectivity index (χ1v) is 10.3. The van der Waals surface area contributed by atoms with E-state index in [0.717, 1.165) is 11.6 Å². The minimum Gasteiger partial charge on any atom is -0.495 e. The Morgan fingerprint density at radius 1 is 1.12 bits per heavy atom. The molecule has 1 aliphatic heterocycles. The summed E-state index contributed by atoms with van der Waals surface area (Å²) in [6.45, 7) is 3.06. The molecule has 2 amide bonds. The number of aryl methyl sites for hydroxylation is 1. The zero-order chi connectivity index (χ0) is 23.5. The van der Waals surface area contributed by atoms with Gasteiger partial charge in [-0.1, -0.05) is 23.7 Å². The molecule has 172 valence electrons. The Morgan fingerprint density at radius 3 is 2.41 bits per heavy atom. The number of alkyl halides is 3. The smallest absolute Gasteiger partial charge is 0.417 e. The third kappa shape index (κ3) is 5.52. The maximum atomic E-state index is 13.2. The van der Waals surface area contributed by atoms with Crippen molar-refractivity contribution in [3.8, 4) is 5.75 Å². The van der Waals surface area contributed by atoms with Gasteiger partial charge in [-0.2, -0.15) is 13.2 Å². The van der Waals surface area contributed by atoms with Crippen LogP contribution in [0.25, 0.3) is 0 Å². The first kappa shape index (κ1) is 23.9. The SMILES string of the molecule is COc1cc(Cl)c(C)cc1NC(=O)CN1CCN(C(=O)c2ccccc2C(F)(F)F)CC1. The molecule has 32 heavy (non-hydrogen) atoms. The number of carbonyl (C=O) groups is 2. The zero-order valence-electron chi connectivity index (χ0n) is 17.6.